The van der Waals surface area contributed by atoms with Gasteiger partial charge in [-0.3, -0.25) is 19.1 Å². The third-order valence-corrected chi connectivity index (χ3v) is 7.01. The van der Waals surface area contributed by atoms with Crippen LogP contribution in [0.5, 0.6) is 0 Å². The summed E-state index contributed by atoms with van der Waals surface area (Å²) in [7, 11) is 0. The van der Waals surface area contributed by atoms with Crippen molar-refractivity contribution in [3.8, 4) is 0 Å². The molecule has 3 aromatic rings. The van der Waals surface area contributed by atoms with E-state index in [1.807, 2.05) is 9.47 Å². The maximum absolute atomic E-state index is 13.2. The number of aromatic nitrogens is 4. The van der Waals surface area contributed by atoms with Crippen LogP contribution in [0.4, 0.5) is 0 Å². The molecule has 1 aliphatic heterocycles. The number of imidazole rings is 1. The Morgan fingerprint density at radius 2 is 2.12 bits per heavy atom. The first-order valence-electron chi connectivity index (χ1n) is 11.9. The molecule has 4 heterocycles. The second-order valence-electron chi connectivity index (χ2n) is 9.27. The highest BCUT2D eigenvalue weighted by atomic mass is 32.1. The SMILES string of the molecule is CCCCn1c(=O)[nH]c(=O)c2c1nc(CCC(=O)N1CCCC1c1ccsc1)n2CC(C)C. The number of hydrogen-bond acceptors (Lipinski definition) is 5. The number of carbonyl (C=O) groups is 1. The van der Waals surface area contributed by atoms with E-state index >= 15 is 0 Å². The van der Waals surface area contributed by atoms with Crippen LogP contribution in [0.2, 0.25) is 0 Å². The van der Waals surface area contributed by atoms with Gasteiger partial charge in [0.15, 0.2) is 11.2 Å². The van der Waals surface area contributed by atoms with E-state index < -0.39 is 11.2 Å². The Bertz CT molecular complexity index is 1220. The zero-order valence-corrected chi connectivity index (χ0v) is 20.5. The van der Waals surface area contributed by atoms with E-state index in [2.05, 4.69) is 42.6 Å². The maximum atomic E-state index is 13.2. The van der Waals surface area contributed by atoms with Gasteiger partial charge in [-0.2, -0.15) is 11.3 Å². The molecular formula is C24H33N5O3S. The summed E-state index contributed by atoms with van der Waals surface area (Å²) >= 11 is 1.66. The lowest BCUT2D eigenvalue weighted by atomic mass is 10.1. The Hall–Kier alpha value is -2.68. The number of H-pyrrole nitrogens is 1. The molecule has 1 N–H and O–H groups in total. The number of nitrogens with zero attached hydrogens (tertiary/aromatic N) is 4. The number of aromatic amines is 1. The van der Waals surface area contributed by atoms with Gasteiger partial charge in [0, 0.05) is 32.5 Å². The fraction of sp³-hybridized carbons (Fsp3) is 0.583. The van der Waals surface area contributed by atoms with Gasteiger partial charge in [0.05, 0.1) is 6.04 Å². The van der Waals surface area contributed by atoms with Gasteiger partial charge in [0.2, 0.25) is 5.91 Å². The lowest BCUT2D eigenvalue weighted by molar-refractivity contribution is -0.132. The van der Waals surface area contributed by atoms with Gasteiger partial charge in [-0.05, 0) is 47.6 Å². The van der Waals surface area contributed by atoms with E-state index in [0.717, 1.165) is 32.2 Å². The van der Waals surface area contributed by atoms with Crippen molar-refractivity contribution in [1.82, 2.24) is 24.0 Å². The molecule has 0 aliphatic carbocycles. The molecule has 0 saturated carbocycles. The second-order valence-corrected chi connectivity index (χ2v) is 10.1. The maximum Gasteiger partial charge on any atom is 0.330 e. The largest absolute Gasteiger partial charge is 0.336 e. The fourth-order valence-electron chi connectivity index (χ4n) is 4.73. The van der Waals surface area contributed by atoms with Gasteiger partial charge in [-0.25, -0.2) is 9.78 Å². The number of rotatable bonds is 9. The van der Waals surface area contributed by atoms with Crippen molar-refractivity contribution < 1.29 is 4.79 Å². The molecule has 0 spiro atoms. The van der Waals surface area contributed by atoms with E-state index in [0.29, 0.717) is 42.9 Å². The molecule has 1 aliphatic rings. The first-order chi connectivity index (χ1) is 15.9. The third-order valence-electron chi connectivity index (χ3n) is 6.31. The molecule has 0 aromatic carbocycles. The molecule has 8 nitrogen and oxygen atoms in total. The molecule has 1 saturated heterocycles. The normalized spacial score (nSPS) is 16.4. The highest BCUT2D eigenvalue weighted by Crippen LogP contribution is 2.33. The van der Waals surface area contributed by atoms with E-state index in [4.69, 9.17) is 4.98 Å². The average molecular weight is 472 g/mol. The summed E-state index contributed by atoms with van der Waals surface area (Å²) in [6.07, 6.45) is 4.53. The highest BCUT2D eigenvalue weighted by Gasteiger charge is 2.30. The number of thiophene rings is 1. The molecule has 0 radical (unpaired) electrons. The van der Waals surface area contributed by atoms with Crippen LogP contribution in [0.15, 0.2) is 26.4 Å². The first-order valence-corrected chi connectivity index (χ1v) is 12.9. The minimum Gasteiger partial charge on any atom is -0.336 e. The molecule has 1 fully saturated rings. The average Bonchev–Trinajstić information content (AvgIpc) is 3.51. The van der Waals surface area contributed by atoms with E-state index in [1.54, 1.807) is 15.9 Å². The minimum absolute atomic E-state index is 0.115. The summed E-state index contributed by atoms with van der Waals surface area (Å²) in [5.41, 5.74) is 1.24. The predicted molar refractivity (Wildman–Crippen MR) is 131 cm³/mol. The second kappa shape index (κ2) is 10.1. The summed E-state index contributed by atoms with van der Waals surface area (Å²) in [6.45, 7) is 8.11. The number of fused-ring (bicyclic) bond motifs is 1. The van der Waals surface area contributed by atoms with Gasteiger partial charge in [-0.1, -0.05) is 27.2 Å². The number of likely N-dealkylation sites (tertiary alicyclic amines) is 1. The van der Waals surface area contributed by atoms with Gasteiger partial charge in [0.25, 0.3) is 5.56 Å². The van der Waals surface area contributed by atoms with Crippen LogP contribution in [-0.4, -0.2) is 36.5 Å². The number of aryl methyl sites for hydroxylation is 2. The van der Waals surface area contributed by atoms with Crippen molar-refractivity contribution in [2.75, 3.05) is 6.54 Å². The molecule has 3 aromatic heterocycles. The van der Waals surface area contributed by atoms with Crippen molar-refractivity contribution in [2.45, 2.75) is 78.4 Å². The van der Waals surface area contributed by atoms with Gasteiger partial charge < -0.3 is 9.47 Å². The molecule has 9 heteroatoms. The van der Waals surface area contributed by atoms with Crippen LogP contribution in [-0.2, 0) is 24.3 Å². The molecule has 1 atom stereocenters. The van der Waals surface area contributed by atoms with E-state index in [-0.39, 0.29) is 17.9 Å². The Kier molecular flexibility index (Phi) is 7.17. The zero-order chi connectivity index (χ0) is 23.5. The van der Waals surface area contributed by atoms with Gasteiger partial charge in [-0.15, -0.1) is 0 Å². The topological polar surface area (TPSA) is 93.0 Å². The summed E-state index contributed by atoms with van der Waals surface area (Å²) in [5, 5.41) is 4.18. The Balaban J connectivity index is 1.64. The molecular weight excluding hydrogens is 438 g/mol. The van der Waals surface area contributed by atoms with Crippen LogP contribution in [0, 0.1) is 5.92 Å². The van der Waals surface area contributed by atoms with Crippen LogP contribution in [0.25, 0.3) is 11.2 Å². The fourth-order valence-corrected chi connectivity index (χ4v) is 5.44. The zero-order valence-electron chi connectivity index (χ0n) is 19.7. The number of nitrogens with one attached hydrogen (secondary N) is 1. The van der Waals surface area contributed by atoms with Crippen molar-refractivity contribution in [3.05, 3.63) is 49.1 Å². The standard InChI is InChI=1S/C24H33N5O3S/c1-4-5-11-28-22-21(23(31)26-24(28)32)29(14-16(2)3)19(25-22)8-9-20(30)27-12-6-7-18(27)17-10-13-33-15-17/h10,13,15-16,18H,4-9,11-12,14H2,1-3H3,(H,26,31,32). The van der Waals surface area contributed by atoms with Crippen molar-refractivity contribution >= 4 is 28.4 Å². The smallest absolute Gasteiger partial charge is 0.330 e. The lowest BCUT2D eigenvalue weighted by Crippen LogP contribution is -2.31. The first kappa shape index (κ1) is 23.5. The number of carbonyl (C=O) groups excluding carboxylic acids is 1. The molecule has 0 bridgehead atoms. The summed E-state index contributed by atoms with van der Waals surface area (Å²) in [4.78, 5) is 47.6. The Labute approximate surface area is 197 Å². The predicted octanol–water partition coefficient (Wildman–Crippen LogP) is 3.70. The van der Waals surface area contributed by atoms with Crippen molar-refractivity contribution in [1.29, 1.82) is 0 Å². The minimum atomic E-state index is -0.423. The molecule has 33 heavy (non-hydrogen) atoms. The Morgan fingerprint density at radius 1 is 1.30 bits per heavy atom. The van der Waals surface area contributed by atoms with Crippen LogP contribution in [0.1, 0.15) is 70.3 Å². The Morgan fingerprint density at radius 3 is 2.82 bits per heavy atom. The van der Waals surface area contributed by atoms with E-state index in [9.17, 15) is 14.4 Å². The van der Waals surface area contributed by atoms with E-state index in [1.165, 1.54) is 5.56 Å². The molecule has 1 amide bonds. The quantitative estimate of drug-likeness (QED) is 0.515. The van der Waals surface area contributed by atoms with Gasteiger partial charge >= 0.3 is 5.69 Å². The molecule has 178 valence electrons. The van der Waals surface area contributed by atoms with Gasteiger partial charge in [0.1, 0.15) is 5.82 Å². The highest BCUT2D eigenvalue weighted by molar-refractivity contribution is 7.08. The summed E-state index contributed by atoms with van der Waals surface area (Å²) < 4.78 is 3.48. The number of unbranched alkanes of at least 4 members (excludes halogenated alkanes) is 1. The van der Waals surface area contributed by atoms with Crippen molar-refractivity contribution in [2.24, 2.45) is 5.92 Å². The molecule has 1 unspecified atom stereocenters. The third kappa shape index (κ3) is 4.83. The number of amides is 1. The van der Waals surface area contributed by atoms with Crippen LogP contribution < -0.4 is 11.2 Å². The van der Waals surface area contributed by atoms with Crippen LogP contribution in [0.3, 0.4) is 0 Å². The monoisotopic (exact) mass is 471 g/mol. The number of hydrogen-bond donors (Lipinski definition) is 1. The summed E-state index contributed by atoms with van der Waals surface area (Å²) in [6, 6.07) is 2.26. The molecule has 4 rings (SSSR count). The van der Waals surface area contributed by atoms with Crippen molar-refractivity contribution in [3.63, 3.8) is 0 Å². The van der Waals surface area contributed by atoms with Crippen LogP contribution >= 0.6 is 11.3 Å². The lowest BCUT2D eigenvalue weighted by Gasteiger charge is -2.24. The summed E-state index contributed by atoms with van der Waals surface area (Å²) in [5.74, 6) is 1.10.